The predicted octanol–water partition coefficient (Wildman–Crippen LogP) is 3.77. The molecular weight excluding hydrogens is 265 g/mol. The van der Waals surface area contributed by atoms with Crippen molar-refractivity contribution < 1.29 is 4.39 Å². The van der Waals surface area contributed by atoms with Gasteiger partial charge in [-0.25, -0.2) is 4.39 Å². The van der Waals surface area contributed by atoms with Gasteiger partial charge in [0.2, 0.25) is 0 Å². The predicted molar refractivity (Wildman–Crippen MR) is 83.8 cm³/mol. The third kappa shape index (κ3) is 4.14. The Balaban J connectivity index is 1.84. The fourth-order valence-corrected chi connectivity index (χ4v) is 2.64. The van der Waals surface area contributed by atoms with Gasteiger partial charge in [-0.2, -0.15) is 5.10 Å². The molecule has 0 amide bonds. The van der Waals surface area contributed by atoms with Crippen LogP contribution in [0.25, 0.3) is 0 Å². The van der Waals surface area contributed by atoms with Crippen LogP contribution in [0.1, 0.15) is 42.8 Å². The zero-order chi connectivity index (χ0) is 15.2. The highest BCUT2D eigenvalue weighted by atomic mass is 19.1. The SMILES string of the molecule is CCC(NCCCn1nc(C)cc1C)c1ccccc1F. The minimum atomic E-state index is -0.129. The second kappa shape index (κ2) is 7.36. The molecule has 2 aromatic rings. The van der Waals surface area contributed by atoms with Crippen molar-refractivity contribution >= 4 is 0 Å². The molecule has 0 spiro atoms. The Hall–Kier alpha value is -1.68. The van der Waals surface area contributed by atoms with E-state index in [0.29, 0.717) is 0 Å². The summed E-state index contributed by atoms with van der Waals surface area (Å²) in [5, 5.41) is 7.89. The maximum atomic E-state index is 13.8. The molecule has 1 aromatic carbocycles. The molecule has 1 atom stereocenters. The van der Waals surface area contributed by atoms with Crippen LogP contribution in [0.3, 0.4) is 0 Å². The van der Waals surface area contributed by atoms with Gasteiger partial charge < -0.3 is 5.32 Å². The van der Waals surface area contributed by atoms with Gasteiger partial charge in [-0.15, -0.1) is 0 Å². The highest BCUT2D eigenvalue weighted by molar-refractivity contribution is 5.21. The number of halogens is 1. The minimum Gasteiger partial charge on any atom is -0.310 e. The standard InChI is InChI=1S/C17H24FN3/c1-4-17(15-8-5-6-9-16(15)18)19-10-7-11-21-14(3)12-13(2)20-21/h5-6,8-9,12,17,19H,4,7,10-11H2,1-3H3. The van der Waals surface area contributed by atoms with Crippen molar-refractivity contribution in [3.63, 3.8) is 0 Å². The van der Waals surface area contributed by atoms with E-state index in [-0.39, 0.29) is 11.9 Å². The van der Waals surface area contributed by atoms with E-state index in [1.54, 1.807) is 6.07 Å². The Morgan fingerprint density at radius 2 is 2.05 bits per heavy atom. The van der Waals surface area contributed by atoms with E-state index >= 15 is 0 Å². The van der Waals surface area contributed by atoms with Crippen LogP contribution in [0.5, 0.6) is 0 Å². The molecular formula is C17H24FN3. The molecule has 0 radical (unpaired) electrons. The van der Waals surface area contributed by atoms with Crippen molar-refractivity contribution in [2.45, 2.75) is 46.2 Å². The Morgan fingerprint density at radius 1 is 1.29 bits per heavy atom. The summed E-state index contributed by atoms with van der Waals surface area (Å²) in [6.45, 7) is 7.89. The fourth-order valence-electron chi connectivity index (χ4n) is 2.64. The van der Waals surface area contributed by atoms with Crippen LogP contribution >= 0.6 is 0 Å². The molecule has 0 aliphatic rings. The molecule has 4 heteroatoms. The average molecular weight is 289 g/mol. The molecule has 114 valence electrons. The lowest BCUT2D eigenvalue weighted by molar-refractivity contribution is 0.460. The van der Waals surface area contributed by atoms with Crippen LogP contribution in [0.15, 0.2) is 30.3 Å². The van der Waals surface area contributed by atoms with E-state index < -0.39 is 0 Å². The molecule has 0 aliphatic carbocycles. The third-order valence-corrected chi connectivity index (χ3v) is 3.73. The molecule has 0 bridgehead atoms. The molecule has 1 aromatic heterocycles. The Bertz CT molecular complexity index is 577. The first-order valence-electron chi connectivity index (χ1n) is 7.60. The smallest absolute Gasteiger partial charge is 0.127 e. The molecule has 0 saturated carbocycles. The van der Waals surface area contributed by atoms with Crippen molar-refractivity contribution in [1.29, 1.82) is 0 Å². The summed E-state index contributed by atoms with van der Waals surface area (Å²) < 4.78 is 15.8. The van der Waals surface area contributed by atoms with Gasteiger partial charge in [0, 0.05) is 23.8 Å². The molecule has 21 heavy (non-hydrogen) atoms. The Labute approximate surface area is 126 Å². The lowest BCUT2D eigenvalue weighted by atomic mass is 10.0. The molecule has 0 aliphatic heterocycles. The van der Waals surface area contributed by atoms with E-state index in [1.165, 1.54) is 11.8 Å². The molecule has 3 nitrogen and oxygen atoms in total. The summed E-state index contributed by atoms with van der Waals surface area (Å²) >= 11 is 0. The normalized spacial score (nSPS) is 12.6. The van der Waals surface area contributed by atoms with Crippen molar-refractivity contribution in [3.8, 4) is 0 Å². The van der Waals surface area contributed by atoms with E-state index in [0.717, 1.165) is 37.2 Å². The number of hydrogen-bond acceptors (Lipinski definition) is 2. The fraction of sp³-hybridized carbons (Fsp3) is 0.471. The third-order valence-electron chi connectivity index (χ3n) is 3.73. The maximum Gasteiger partial charge on any atom is 0.127 e. The Morgan fingerprint density at radius 3 is 2.67 bits per heavy atom. The van der Waals surface area contributed by atoms with Gasteiger partial charge in [0.25, 0.3) is 0 Å². The van der Waals surface area contributed by atoms with Crippen molar-refractivity contribution in [1.82, 2.24) is 15.1 Å². The van der Waals surface area contributed by atoms with Gasteiger partial charge in [0.1, 0.15) is 5.82 Å². The number of aryl methyl sites for hydroxylation is 3. The van der Waals surface area contributed by atoms with Gasteiger partial charge in [-0.1, -0.05) is 25.1 Å². The first-order chi connectivity index (χ1) is 10.1. The topological polar surface area (TPSA) is 29.9 Å². The minimum absolute atomic E-state index is 0.0756. The monoisotopic (exact) mass is 289 g/mol. The lowest BCUT2D eigenvalue weighted by Gasteiger charge is -2.18. The molecule has 1 unspecified atom stereocenters. The van der Waals surface area contributed by atoms with Crippen LogP contribution in [-0.4, -0.2) is 16.3 Å². The van der Waals surface area contributed by atoms with Crippen LogP contribution in [0.2, 0.25) is 0 Å². The molecule has 1 heterocycles. The zero-order valence-electron chi connectivity index (χ0n) is 13.1. The number of nitrogens with zero attached hydrogens (tertiary/aromatic N) is 2. The van der Waals surface area contributed by atoms with Crippen LogP contribution in [0.4, 0.5) is 4.39 Å². The number of aromatic nitrogens is 2. The van der Waals surface area contributed by atoms with E-state index in [9.17, 15) is 4.39 Å². The van der Waals surface area contributed by atoms with Crippen LogP contribution < -0.4 is 5.32 Å². The quantitative estimate of drug-likeness (QED) is 0.786. The summed E-state index contributed by atoms with van der Waals surface area (Å²) in [4.78, 5) is 0. The van der Waals surface area contributed by atoms with Gasteiger partial charge in [-0.05, 0) is 45.4 Å². The maximum absolute atomic E-state index is 13.8. The van der Waals surface area contributed by atoms with Crippen LogP contribution in [-0.2, 0) is 6.54 Å². The molecule has 2 rings (SSSR count). The number of hydrogen-bond donors (Lipinski definition) is 1. The van der Waals surface area contributed by atoms with E-state index in [2.05, 4.69) is 30.3 Å². The first-order valence-corrected chi connectivity index (χ1v) is 7.60. The lowest BCUT2D eigenvalue weighted by Crippen LogP contribution is -2.24. The first kappa shape index (κ1) is 15.7. The number of benzene rings is 1. The van der Waals surface area contributed by atoms with Gasteiger partial charge in [-0.3, -0.25) is 4.68 Å². The highest BCUT2D eigenvalue weighted by Gasteiger charge is 2.12. The zero-order valence-corrected chi connectivity index (χ0v) is 13.1. The highest BCUT2D eigenvalue weighted by Crippen LogP contribution is 2.19. The number of rotatable bonds is 7. The summed E-state index contributed by atoms with van der Waals surface area (Å²) in [6.07, 6.45) is 1.85. The van der Waals surface area contributed by atoms with Gasteiger partial charge in [0.15, 0.2) is 0 Å². The van der Waals surface area contributed by atoms with Crippen molar-refractivity contribution in [2.75, 3.05) is 6.54 Å². The summed E-state index contributed by atoms with van der Waals surface area (Å²) in [7, 11) is 0. The molecule has 0 fully saturated rings. The average Bonchev–Trinajstić information content (AvgIpc) is 2.78. The number of nitrogens with one attached hydrogen (secondary N) is 1. The van der Waals surface area contributed by atoms with Gasteiger partial charge in [0.05, 0.1) is 5.69 Å². The van der Waals surface area contributed by atoms with Gasteiger partial charge >= 0.3 is 0 Å². The van der Waals surface area contributed by atoms with Crippen molar-refractivity contribution in [3.05, 3.63) is 53.1 Å². The summed E-state index contributed by atoms with van der Waals surface area (Å²) in [6, 6.07) is 9.16. The summed E-state index contributed by atoms with van der Waals surface area (Å²) in [5.74, 6) is -0.129. The summed E-state index contributed by atoms with van der Waals surface area (Å²) in [5.41, 5.74) is 3.00. The van der Waals surface area contributed by atoms with Crippen molar-refractivity contribution in [2.24, 2.45) is 0 Å². The molecule has 1 N–H and O–H groups in total. The largest absolute Gasteiger partial charge is 0.310 e. The second-order valence-electron chi connectivity index (χ2n) is 5.44. The van der Waals surface area contributed by atoms with E-state index in [1.807, 2.05) is 23.7 Å². The van der Waals surface area contributed by atoms with E-state index in [4.69, 9.17) is 0 Å². The van der Waals surface area contributed by atoms with Crippen LogP contribution in [0, 0.1) is 19.7 Å². The second-order valence-corrected chi connectivity index (χ2v) is 5.44. The Kier molecular flexibility index (Phi) is 5.51. The molecule has 0 saturated heterocycles.